The van der Waals surface area contributed by atoms with Gasteiger partial charge in [-0.05, 0) is 50.3 Å². The molecule has 3 heteroatoms. The van der Waals surface area contributed by atoms with Crippen LogP contribution >= 0.6 is 0 Å². The van der Waals surface area contributed by atoms with Crippen molar-refractivity contribution in [2.45, 2.75) is 44.8 Å². The van der Waals surface area contributed by atoms with Crippen molar-refractivity contribution in [3.05, 3.63) is 29.8 Å². The van der Waals surface area contributed by atoms with Crippen molar-refractivity contribution < 1.29 is 9.47 Å². The maximum atomic E-state index is 5.52. The summed E-state index contributed by atoms with van der Waals surface area (Å²) in [6.07, 6.45) is 2.76. The van der Waals surface area contributed by atoms with Gasteiger partial charge in [-0.1, -0.05) is 12.1 Å². The Kier molecular flexibility index (Phi) is 5.23. The first kappa shape index (κ1) is 14.4. The Labute approximate surface area is 116 Å². The summed E-state index contributed by atoms with van der Waals surface area (Å²) in [6.45, 7) is 5.90. The van der Waals surface area contributed by atoms with Gasteiger partial charge in [0.2, 0.25) is 0 Å². The predicted molar refractivity (Wildman–Crippen MR) is 77.8 cm³/mol. The van der Waals surface area contributed by atoms with E-state index in [0.29, 0.717) is 18.1 Å². The largest absolute Gasteiger partial charge is 0.497 e. The molecular formula is C16H25NO2. The molecule has 0 heterocycles. The maximum Gasteiger partial charge on any atom is 0.119 e. The SMILES string of the molecule is COc1cccc(C2CC(NCCOC(C)C)C2)c1. The summed E-state index contributed by atoms with van der Waals surface area (Å²) in [7, 11) is 1.72. The third-order valence-electron chi connectivity index (χ3n) is 3.69. The van der Waals surface area contributed by atoms with Crippen LogP contribution in [0.5, 0.6) is 5.75 Å². The van der Waals surface area contributed by atoms with Gasteiger partial charge in [0, 0.05) is 12.6 Å². The van der Waals surface area contributed by atoms with Gasteiger partial charge in [0.05, 0.1) is 19.8 Å². The molecule has 1 fully saturated rings. The van der Waals surface area contributed by atoms with E-state index in [1.807, 2.05) is 6.07 Å². The molecule has 1 aromatic rings. The second-order valence-electron chi connectivity index (χ2n) is 5.52. The quantitative estimate of drug-likeness (QED) is 0.767. The van der Waals surface area contributed by atoms with Gasteiger partial charge in [-0.2, -0.15) is 0 Å². The van der Waals surface area contributed by atoms with E-state index in [-0.39, 0.29) is 0 Å². The molecule has 0 aromatic heterocycles. The summed E-state index contributed by atoms with van der Waals surface area (Å²) in [4.78, 5) is 0. The van der Waals surface area contributed by atoms with E-state index in [1.165, 1.54) is 18.4 Å². The van der Waals surface area contributed by atoms with Crippen LogP contribution in [0.25, 0.3) is 0 Å². The van der Waals surface area contributed by atoms with Crippen molar-refractivity contribution in [3.8, 4) is 5.75 Å². The summed E-state index contributed by atoms with van der Waals surface area (Å²) in [5.41, 5.74) is 1.40. The van der Waals surface area contributed by atoms with Crippen LogP contribution in [0.15, 0.2) is 24.3 Å². The van der Waals surface area contributed by atoms with Crippen molar-refractivity contribution in [3.63, 3.8) is 0 Å². The van der Waals surface area contributed by atoms with Crippen molar-refractivity contribution in [1.82, 2.24) is 5.32 Å². The molecule has 1 aliphatic rings. The van der Waals surface area contributed by atoms with E-state index < -0.39 is 0 Å². The molecule has 1 N–H and O–H groups in total. The standard InChI is InChI=1S/C16H25NO2/c1-12(2)19-8-7-17-15-9-14(10-15)13-5-4-6-16(11-13)18-3/h4-6,11-12,14-15,17H,7-10H2,1-3H3. The minimum absolute atomic E-state index is 0.327. The normalized spacial score (nSPS) is 22.3. The number of benzene rings is 1. The summed E-state index contributed by atoms with van der Waals surface area (Å²) in [6, 6.07) is 9.08. The highest BCUT2D eigenvalue weighted by Gasteiger charge is 2.29. The molecule has 0 amide bonds. The van der Waals surface area contributed by atoms with E-state index in [0.717, 1.165) is 18.9 Å². The molecule has 0 saturated heterocycles. The van der Waals surface area contributed by atoms with E-state index in [9.17, 15) is 0 Å². The van der Waals surface area contributed by atoms with Crippen molar-refractivity contribution in [1.29, 1.82) is 0 Å². The Morgan fingerprint density at radius 1 is 1.32 bits per heavy atom. The first-order valence-corrected chi connectivity index (χ1v) is 7.18. The zero-order valence-corrected chi connectivity index (χ0v) is 12.2. The molecule has 0 spiro atoms. The van der Waals surface area contributed by atoms with Crippen LogP contribution in [-0.4, -0.2) is 32.4 Å². The fourth-order valence-electron chi connectivity index (χ4n) is 2.51. The van der Waals surface area contributed by atoms with E-state index in [4.69, 9.17) is 9.47 Å². The maximum absolute atomic E-state index is 5.52. The van der Waals surface area contributed by atoms with Crippen molar-refractivity contribution in [2.24, 2.45) is 0 Å². The number of nitrogens with one attached hydrogen (secondary N) is 1. The molecule has 3 nitrogen and oxygen atoms in total. The van der Waals surface area contributed by atoms with Gasteiger partial charge in [-0.15, -0.1) is 0 Å². The lowest BCUT2D eigenvalue weighted by Gasteiger charge is -2.36. The number of rotatable bonds is 7. The molecule has 0 aliphatic heterocycles. The minimum Gasteiger partial charge on any atom is -0.497 e. The molecule has 0 unspecified atom stereocenters. The minimum atomic E-state index is 0.327. The summed E-state index contributed by atoms with van der Waals surface area (Å²) < 4.78 is 10.8. The molecule has 0 bridgehead atoms. The topological polar surface area (TPSA) is 30.5 Å². The number of hydrogen-bond acceptors (Lipinski definition) is 3. The van der Waals surface area contributed by atoms with Crippen molar-refractivity contribution >= 4 is 0 Å². The van der Waals surface area contributed by atoms with Crippen LogP contribution in [-0.2, 0) is 4.74 Å². The second kappa shape index (κ2) is 6.92. The monoisotopic (exact) mass is 263 g/mol. The Balaban J connectivity index is 1.68. The second-order valence-corrected chi connectivity index (χ2v) is 5.52. The van der Waals surface area contributed by atoms with E-state index >= 15 is 0 Å². The lowest BCUT2D eigenvalue weighted by molar-refractivity contribution is 0.0767. The molecule has 0 radical (unpaired) electrons. The van der Waals surface area contributed by atoms with Crippen molar-refractivity contribution in [2.75, 3.05) is 20.3 Å². The zero-order valence-electron chi connectivity index (χ0n) is 12.2. The summed E-state index contributed by atoms with van der Waals surface area (Å²) in [5, 5.41) is 3.55. The lowest BCUT2D eigenvalue weighted by Crippen LogP contribution is -2.41. The van der Waals surface area contributed by atoms with Gasteiger partial charge >= 0.3 is 0 Å². The van der Waals surface area contributed by atoms with E-state index in [2.05, 4.69) is 37.4 Å². The smallest absolute Gasteiger partial charge is 0.119 e. The number of hydrogen-bond donors (Lipinski definition) is 1. The fourth-order valence-corrected chi connectivity index (χ4v) is 2.51. The Morgan fingerprint density at radius 2 is 2.11 bits per heavy atom. The highest BCUT2D eigenvalue weighted by atomic mass is 16.5. The molecule has 106 valence electrons. The first-order valence-electron chi connectivity index (χ1n) is 7.18. The third-order valence-corrected chi connectivity index (χ3v) is 3.69. The molecule has 1 saturated carbocycles. The van der Waals surface area contributed by atoms with Crippen LogP contribution in [0.3, 0.4) is 0 Å². The van der Waals surface area contributed by atoms with Gasteiger partial charge in [0.15, 0.2) is 0 Å². The number of ether oxygens (including phenoxy) is 2. The zero-order chi connectivity index (χ0) is 13.7. The third kappa shape index (κ3) is 4.22. The molecule has 0 atom stereocenters. The first-order chi connectivity index (χ1) is 9.19. The molecule has 19 heavy (non-hydrogen) atoms. The Morgan fingerprint density at radius 3 is 2.79 bits per heavy atom. The molecular weight excluding hydrogens is 238 g/mol. The highest BCUT2D eigenvalue weighted by molar-refractivity contribution is 5.32. The lowest BCUT2D eigenvalue weighted by atomic mass is 9.76. The van der Waals surface area contributed by atoms with Gasteiger partial charge in [0.1, 0.15) is 5.75 Å². The highest BCUT2D eigenvalue weighted by Crippen LogP contribution is 2.37. The van der Waals surface area contributed by atoms with E-state index in [1.54, 1.807) is 7.11 Å². The van der Waals surface area contributed by atoms with Crippen LogP contribution in [0.4, 0.5) is 0 Å². The summed E-state index contributed by atoms with van der Waals surface area (Å²) in [5.74, 6) is 1.64. The van der Waals surface area contributed by atoms with Gasteiger partial charge < -0.3 is 14.8 Å². The molecule has 2 rings (SSSR count). The van der Waals surface area contributed by atoms with Gasteiger partial charge in [-0.25, -0.2) is 0 Å². The number of methoxy groups -OCH3 is 1. The summed E-state index contributed by atoms with van der Waals surface area (Å²) >= 11 is 0. The average molecular weight is 263 g/mol. The van der Waals surface area contributed by atoms with Gasteiger partial charge in [-0.3, -0.25) is 0 Å². The molecule has 1 aromatic carbocycles. The van der Waals surface area contributed by atoms with Crippen LogP contribution in [0.1, 0.15) is 38.2 Å². The van der Waals surface area contributed by atoms with Crippen LogP contribution in [0.2, 0.25) is 0 Å². The predicted octanol–water partition coefficient (Wildman–Crippen LogP) is 2.96. The Bertz CT molecular complexity index is 386. The van der Waals surface area contributed by atoms with Gasteiger partial charge in [0.25, 0.3) is 0 Å². The molecule has 1 aliphatic carbocycles. The average Bonchev–Trinajstić information content (AvgIpc) is 2.36. The Hall–Kier alpha value is -1.06. The van der Waals surface area contributed by atoms with Crippen LogP contribution in [0, 0.1) is 0 Å². The fraction of sp³-hybridized carbons (Fsp3) is 0.625. The van der Waals surface area contributed by atoms with Crippen LogP contribution < -0.4 is 10.1 Å².